The summed E-state index contributed by atoms with van der Waals surface area (Å²) in [6.07, 6.45) is 3.01. The molecule has 7 heteroatoms. The predicted molar refractivity (Wildman–Crippen MR) is 67.4 cm³/mol. The third kappa shape index (κ3) is 3.27. The van der Waals surface area contributed by atoms with Crippen molar-refractivity contribution in [2.75, 3.05) is 5.73 Å². The summed E-state index contributed by atoms with van der Waals surface area (Å²) in [7, 11) is 0. The van der Waals surface area contributed by atoms with Crippen LogP contribution in [0.3, 0.4) is 0 Å². The molecule has 2 N–H and O–H groups in total. The van der Waals surface area contributed by atoms with Gasteiger partial charge in [0, 0.05) is 5.56 Å². The molecule has 1 heterocycles. The predicted octanol–water partition coefficient (Wildman–Crippen LogP) is 2.26. The lowest BCUT2D eigenvalue weighted by atomic mass is 10.2. The normalized spacial score (nSPS) is 11.4. The van der Waals surface area contributed by atoms with E-state index >= 15 is 0 Å². The molecule has 0 radical (unpaired) electrons. The Kier molecular flexibility index (Phi) is 3.74. The van der Waals surface area contributed by atoms with Crippen LogP contribution in [0, 0.1) is 6.92 Å². The third-order valence-electron chi connectivity index (χ3n) is 2.29. The van der Waals surface area contributed by atoms with Crippen LogP contribution in [0.15, 0.2) is 35.6 Å². The van der Waals surface area contributed by atoms with Gasteiger partial charge in [0.15, 0.2) is 0 Å². The Labute approximate surface area is 108 Å². The molecule has 0 fully saturated rings. The molecular weight excluding hydrogens is 254 g/mol. The number of ether oxygens (including phenoxy) is 1. The van der Waals surface area contributed by atoms with E-state index < -0.39 is 6.61 Å². The van der Waals surface area contributed by atoms with E-state index in [-0.39, 0.29) is 11.7 Å². The number of rotatable bonds is 4. The van der Waals surface area contributed by atoms with Crippen molar-refractivity contribution in [1.29, 1.82) is 0 Å². The number of imidazole rings is 1. The van der Waals surface area contributed by atoms with Crippen LogP contribution < -0.4 is 10.5 Å². The Morgan fingerprint density at radius 2 is 2.16 bits per heavy atom. The number of hydrogen-bond acceptors (Lipinski definition) is 4. The van der Waals surface area contributed by atoms with Gasteiger partial charge in [-0.05, 0) is 19.1 Å². The van der Waals surface area contributed by atoms with E-state index in [9.17, 15) is 8.78 Å². The highest BCUT2D eigenvalue weighted by Gasteiger charge is 2.07. The van der Waals surface area contributed by atoms with Crippen molar-refractivity contribution in [3.8, 4) is 5.75 Å². The van der Waals surface area contributed by atoms with E-state index in [0.717, 1.165) is 0 Å². The van der Waals surface area contributed by atoms with Crippen molar-refractivity contribution in [3.05, 3.63) is 41.7 Å². The van der Waals surface area contributed by atoms with Gasteiger partial charge in [0.1, 0.15) is 5.75 Å². The van der Waals surface area contributed by atoms with Gasteiger partial charge in [0.25, 0.3) is 0 Å². The fourth-order valence-corrected chi connectivity index (χ4v) is 1.51. The van der Waals surface area contributed by atoms with E-state index in [1.54, 1.807) is 31.3 Å². The standard InChI is InChI=1S/C12H12F2N4O/c1-8-7-18(12(15)17-8)16-6-9-4-2-3-5-10(9)19-11(13)14/h2-7,11H,1H3,(H2,15,17). The van der Waals surface area contributed by atoms with Gasteiger partial charge in [-0.25, -0.2) is 9.66 Å². The third-order valence-corrected chi connectivity index (χ3v) is 2.29. The molecule has 0 aliphatic rings. The average Bonchev–Trinajstić information content (AvgIpc) is 2.66. The molecule has 0 saturated heterocycles. The van der Waals surface area contributed by atoms with Gasteiger partial charge in [-0.1, -0.05) is 12.1 Å². The summed E-state index contributed by atoms with van der Waals surface area (Å²) in [5.41, 5.74) is 6.75. The van der Waals surface area contributed by atoms with Gasteiger partial charge in [0.2, 0.25) is 5.95 Å². The molecule has 2 rings (SSSR count). The Balaban J connectivity index is 2.25. The summed E-state index contributed by atoms with van der Waals surface area (Å²) in [5, 5.41) is 4.04. The minimum Gasteiger partial charge on any atom is -0.434 e. The van der Waals surface area contributed by atoms with Crippen molar-refractivity contribution in [2.45, 2.75) is 13.5 Å². The van der Waals surface area contributed by atoms with Gasteiger partial charge >= 0.3 is 6.61 Å². The molecule has 0 amide bonds. The molecule has 0 bridgehead atoms. The second-order valence-electron chi connectivity index (χ2n) is 3.75. The van der Waals surface area contributed by atoms with Crippen molar-refractivity contribution in [1.82, 2.24) is 9.66 Å². The zero-order chi connectivity index (χ0) is 13.8. The van der Waals surface area contributed by atoms with Crippen LogP contribution in [0.1, 0.15) is 11.3 Å². The minimum atomic E-state index is -2.88. The van der Waals surface area contributed by atoms with Crippen LogP contribution in [0.2, 0.25) is 0 Å². The van der Waals surface area contributed by atoms with E-state index in [1.807, 2.05) is 0 Å². The van der Waals surface area contributed by atoms with E-state index in [4.69, 9.17) is 5.73 Å². The molecule has 1 aromatic heterocycles. The maximum absolute atomic E-state index is 12.2. The van der Waals surface area contributed by atoms with Crippen LogP contribution in [0.5, 0.6) is 5.75 Å². The van der Waals surface area contributed by atoms with Crippen LogP contribution >= 0.6 is 0 Å². The highest BCUT2D eigenvalue weighted by atomic mass is 19.3. The highest BCUT2D eigenvalue weighted by Crippen LogP contribution is 2.18. The summed E-state index contributed by atoms with van der Waals surface area (Å²) >= 11 is 0. The number of aromatic nitrogens is 2. The summed E-state index contributed by atoms with van der Waals surface area (Å²) in [5.74, 6) is 0.276. The molecule has 5 nitrogen and oxygen atoms in total. The first-order valence-electron chi connectivity index (χ1n) is 5.46. The number of alkyl halides is 2. The van der Waals surface area contributed by atoms with Gasteiger partial charge < -0.3 is 10.5 Å². The number of nitrogens with two attached hydrogens (primary N) is 1. The second kappa shape index (κ2) is 5.47. The molecule has 0 aliphatic carbocycles. The lowest BCUT2D eigenvalue weighted by Crippen LogP contribution is -2.04. The van der Waals surface area contributed by atoms with E-state index in [1.165, 1.54) is 17.0 Å². The maximum atomic E-state index is 12.2. The largest absolute Gasteiger partial charge is 0.434 e. The quantitative estimate of drug-likeness (QED) is 0.863. The summed E-state index contributed by atoms with van der Waals surface area (Å²) in [4.78, 5) is 3.97. The number of para-hydroxylation sites is 1. The molecule has 0 spiro atoms. The first kappa shape index (κ1) is 13.0. The molecule has 0 aliphatic heterocycles. The number of halogens is 2. The molecule has 0 unspecified atom stereocenters. The number of aryl methyl sites for hydroxylation is 1. The Hall–Kier alpha value is -2.44. The van der Waals surface area contributed by atoms with Crippen molar-refractivity contribution >= 4 is 12.2 Å². The number of benzene rings is 1. The maximum Gasteiger partial charge on any atom is 0.387 e. The summed E-state index contributed by atoms with van der Waals surface area (Å²) in [6, 6.07) is 6.35. The number of nitrogens with zero attached hydrogens (tertiary/aromatic N) is 3. The van der Waals surface area contributed by atoms with Crippen molar-refractivity contribution < 1.29 is 13.5 Å². The molecule has 2 aromatic rings. The van der Waals surface area contributed by atoms with Crippen LogP contribution in [0.4, 0.5) is 14.7 Å². The van der Waals surface area contributed by atoms with Crippen LogP contribution in [0.25, 0.3) is 0 Å². The fraction of sp³-hybridized carbons (Fsp3) is 0.167. The van der Waals surface area contributed by atoms with E-state index in [2.05, 4.69) is 14.8 Å². The van der Waals surface area contributed by atoms with E-state index in [0.29, 0.717) is 11.3 Å². The average molecular weight is 266 g/mol. The minimum absolute atomic E-state index is 0.0525. The Bertz CT molecular complexity index is 595. The first-order chi connectivity index (χ1) is 9.06. The zero-order valence-electron chi connectivity index (χ0n) is 10.1. The summed E-state index contributed by atoms with van der Waals surface area (Å²) < 4.78 is 30.2. The molecule has 0 atom stereocenters. The number of anilines is 1. The topological polar surface area (TPSA) is 65.4 Å². The fourth-order valence-electron chi connectivity index (χ4n) is 1.51. The molecule has 1 aromatic carbocycles. The van der Waals surface area contributed by atoms with Crippen LogP contribution in [-0.2, 0) is 0 Å². The molecular formula is C12H12F2N4O. The number of hydrogen-bond donors (Lipinski definition) is 1. The van der Waals surface area contributed by atoms with Crippen molar-refractivity contribution in [3.63, 3.8) is 0 Å². The number of nitrogen functional groups attached to an aromatic ring is 1. The summed E-state index contributed by atoms with van der Waals surface area (Å²) in [6.45, 7) is -1.11. The second-order valence-corrected chi connectivity index (χ2v) is 3.75. The Morgan fingerprint density at radius 1 is 1.42 bits per heavy atom. The van der Waals surface area contributed by atoms with Gasteiger partial charge in [-0.2, -0.15) is 13.9 Å². The smallest absolute Gasteiger partial charge is 0.387 e. The molecule has 19 heavy (non-hydrogen) atoms. The highest BCUT2D eigenvalue weighted by molar-refractivity contribution is 5.83. The lowest BCUT2D eigenvalue weighted by molar-refractivity contribution is -0.0499. The molecule has 100 valence electrons. The molecule has 0 saturated carbocycles. The van der Waals surface area contributed by atoms with Gasteiger partial charge in [-0.15, -0.1) is 0 Å². The van der Waals surface area contributed by atoms with Gasteiger partial charge in [-0.3, -0.25) is 0 Å². The lowest BCUT2D eigenvalue weighted by Gasteiger charge is -2.06. The van der Waals surface area contributed by atoms with Gasteiger partial charge in [0.05, 0.1) is 18.1 Å². The monoisotopic (exact) mass is 266 g/mol. The first-order valence-corrected chi connectivity index (χ1v) is 5.46. The van der Waals surface area contributed by atoms with Crippen molar-refractivity contribution in [2.24, 2.45) is 5.10 Å². The van der Waals surface area contributed by atoms with Crippen LogP contribution in [-0.4, -0.2) is 22.5 Å². The zero-order valence-corrected chi connectivity index (χ0v) is 10.1. The SMILES string of the molecule is Cc1cn(N=Cc2ccccc2OC(F)F)c(N)n1. The Morgan fingerprint density at radius 3 is 2.79 bits per heavy atom.